The lowest BCUT2D eigenvalue weighted by Gasteiger charge is -2.20. The summed E-state index contributed by atoms with van der Waals surface area (Å²) in [5.74, 6) is 1.86. The topological polar surface area (TPSA) is 87.0 Å². The Morgan fingerprint density at radius 1 is 1.21 bits per heavy atom. The quantitative estimate of drug-likeness (QED) is 0.653. The summed E-state index contributed by atoms with van der Waals surface area (Å²) in [6, 6.07) is 7.06. The number of hydrogen-bond acceptors (Lipinski definition) is 6. The van der Waals surface area contributed by atoms with E-state index in [1.54, 1.807) is 42.9 Å². The zero-order valence-electron chi connectivity index (χ0n) is 15.1. The molecule has 0 saturated heterocycles. The summed E-state index contributed by atoms with van der Waals surface area (Å²) < 4.78 is 6.68. The SMILES string of the molecule is COC1=CC=CC(c2nn(Cc3ccncc3)c(=O)c3cccnc23)C1=C=O. The van der Waals surface area contributed by atoms with Gasteiger partial charge in [-0.15, -0.1) is 0 Å². The first-order valence-corrected chi connectivity index (χ1v) is 8.65. The fourth-order valence-corrected chi connectivity index (χ4v) is 3.23. The lowest BCUT2D eigenvalue weighted by atomic mass is 9.90. The highest BCUT2D eigenvalue weighted by molar-refractivity contribution is 5.82. The van der Waals surface area contributed by atoms with Crippen LogP contribution in [0.4, 0.5) is 0 Å². The van der Waals surface area contributed by atoms with Gasteiger partial charge in [-0.1, -0.05) is 12.2 Å². The maximum atomic E-state index is 12.9. The normalized spacial score (nSPS) is 16.0. The Morgan fingerprint density at radius 3 is 2.79 bits per heavy atom. The number of carbonyl (C=O) groups excluding carboxylic acids is 1. The van der Waals surface area contributed by atoms with E-state index in [-0.39, 0.29) is 12.1 Å². The molecule has 0 fully saturated rings. The van der Waals surface area contributed by atoms with Crippen LogP contribution >= 0.6 is 0 Å². The molecular formula is C21H16N4O3. The maximum absolute atomic E-state index is 12.9. The molecule has 1 aliphatic rings. The average molecular weight is 372 g/mol. The fourth-order valence-electron chi connectivity index (χ4n) is 3.23. The van der Waals surface area contributed by atoms with Crippen LogP contribution in [-0.2, 0) is 16.1 Å². The number of pyridine rings is 2. The number of allylic oxidation sites excluding steroid dienone is 4. The summed E-state index contributed by atoms with van der Waals surface area (Å²) in [5.41, 5.74) is 1.92. The van der Waals surface area contributed by atoms with Gasteiger partial charge in [0.1, 0.15) is 17.2 Å². The van der Waals surface area contributed by atoms with E-state index >= 15 is 0 Å². The van der Waals surface area contributed by atoms with Crippen LogP contribution < -0.4 is 5.56 Å². The Hall–Kier alpha value is -3.83. The number of nitrogens with zero attached hydrogens (tertiary/aromatic N) is 4. The van der Waals surface area contributed by atoms with Crippen LogP contribution in [0.1, 0.15) is 17.2 Å². The number of methoxy groups -OCH3 is 1. The van der Waals surface area contributed by atoms with Gasteiger partial charge in [0.05, 0.1) is 36.2 Å². The molecule has 1 atom stereocenters. The first-order chi connectivity index (χ1) is 13.7. The standard InChI is InChI=1S/C21H16N4O3/c1-28-18-6-2-4-15(17(18)13-26)20-19-16(5-3-9-23-19)21(27)25(24-20)12-14-7-10-22-11-8-14/h2-11,15H,12H2,1H3. The van der Waals surface area contributed by atoms with E-state index in [4.69, 9.17) is 4.74 Å². The minimum absolute atomic E-state index is 0.248. The van der Waals surface area contributed by atoms with Crippen LogP contribution in [0.2, 0.25) is 0 Å². The Bertz CT molecular complexity index is 1210. The minimum Gasteiger partial charge on any atom is -0.496 e. The lowest BCUT2D eigenvalue weighted by Crippen LogP contribution is -2.27. The minimum atomic E-state index is -0.515. The lowest BCUT2D eigenvalue weighted by molar-refractivity contribution is 0.297. The monoisotopic (exact) mass is 372 g/mol. The van der Waals surface area contributed by atoms with Crippen molar-refractivity contribution in [1.29, 1.82) is 0 Å². The number of aromatic nitrogens is 4. The van der Waals surface area contributed by atoms with Crippen molar-refractivity contribution in [1.82, 2.24) is 19.7 Å². The molecule has 3 aromatic rings. The zero-order chi connectivity index (χ0) is 19.5. The molecule has 0 N–H and O–H groups in total. The van der Waals surface area contributed by atoms with E-state index < -0.39 is 5.92 Å². The first kappa shape index (κ1) is 17.6. The Morgan fingerprint density at radius 2 is 2.04 bits per heavy atom. The van der Waals surface area contributed by atoms with E-state index in [0.717, 1.165) is 5.56 Å². The molecule has 138 valence electrons. The molecule has 0 amide bonds. The van der Waals surface area contributed by atoms with Gasteiger partial charge < -0.3 is 4.74 Å². The van der Waals surface area contributed by atoms with Crippen LogP contribution in [0.15, 0.2) is 77.2 Å². The van der Waals surface area contributed by atoms with Gasteiger partial charge >= 0.3 is 0 Å². The Kier molecular flexibility index (Phi) is 4.66. The second kappa shape index (κ2) is 7.42. The van der Waals surface area contributed by atoms with Gasteiger partial charge in [0.15, 0.2) is 0 Å². The van der Waals surface area contributed by atoms with Crippen LogP contribution in [-0.4, -0.2) is 32.8 Å². The van der Waals surface area contributed by atoms with Crippen LogP contribution in [0.3, 0.4) is 0 Å². The average Bonchev–Trinajstić information content (AvgIpc) is 2.76. The maximum Gasteiger partial charge on any atom is 0.276 e. The Balaban J connectivity index is 1.92. The molecule has 7 heteroatoms. The predicted molar refractivity (Wildman–Crippen MR) is 103 cm³/mol. The second-order valence-corrected chi connectivity index (χ2v) is 6.22. The van der Waals surface area contributed by atoms with Crippen molar-refractivity contribution in [3.8, 4) is 0 Å². The van der Waals surface area contributed by atoms with Crippen molar-refractivity contribution in [3.63, 3.8) is 0 Å². The van der Waals surface area contributed by atoms with Crippen molar-refractivity contribution < 1.29 is 9.53 Å². The molecule has 1 aliphatic carbocycles. The van der Waals surface area contributed by atoms with Crippen LogP contribution in [0, 0.1) is 0 Å². The molecule has 0 aromatic carbocycles. The molecule has 4 rings (SSSR count). The summed E-state index contributed by atoms with van der Waals surface area (Å²) >= 11 is 0. The second-order valence-electron chi connectivity index (χ2n) is 6.22. The molecule has 3 heterocycles. The van der Waals surface area contributed by atoms with Gasteiger partial charge in [-0.25, -0.2) is 9.48 Å². The number of fused-ring (bicyclic) bond motifs is 1. The largest absolute Gasteiger partial charge is 0.496 e. The molecule has 1 unspecified atom stereocenters. The van der Waals surface area contributed by atoms with Crippen molar-refractivity contribution >= 4 is 16.8 Å². The van der Waals surface area contributed by atoms with E-state index in [0.29, 0.717) is 27.9 Å². The highest BCUT2D eigenvalue weighted by Gasteiger charge is 2.27. The molecular weight excluding hydrogens is 356 g/mol. The molecule has 7 nitrogen and oxygen atoms in total. The van der Waals surface area contributed by atoms with E-state index in [1.165, 1.54) is 11.8 Å². The summed E-state index contributed by atoms with van der Waals surface area (Å²) in [5, 5.41) is 5.01. The number of hydrogen-bond donors (Lipinski definition) is 0. The van der Waals surface area contributed by atoms with Crippen molar-refractivity contribution in [2.24, 2.45) is 0 Å². The first-order valence-electron chi connectivity index (χ1n) is 8.65. The van der Waals surface area contributed by atoms with Gasteiger partial charge in [-0.05, 0) is 35.9 Å². The zero-order valence-corrected chi connectivity index (χ0v) is 15.1. The molecule has 0 spiro atoms. The van der Waals surface area contributed by atoms with E-state index in [9.17, 15) is 9.59 Å². The molecule has 0 saturated carbocycles. The van der Waals surface area contributed by atoms with Crippen LogP contribution in [0.25, 0.3) is 10.9 Å². The van der Waals surface area contributed by atoms with E-state index in [2.05, 4.69) is 15.1 Å². The number of rotatable bonds is 4. The predicted octanol–water partition coefficient (Wildman–Crippen LogP) is 2.18. The number of ether oxygens (including phenoxy) is 1. The van der Waals surface area contributed by atoms with Gasteiger partial charge in [0.2, 0.25) is 0 Å². The summed E-state index contributed by atoms with van der Waals surface area (Å²) in [6.45, 7) is 0.280. The van der Waals surface area contributed by atoms with Crippen molar-refractivity contribution in [3.05, 3.63) is 94.0 Å². The smallest absolute Gasteiger partial charge is 0.276 e. The van der Waals surface area contributed by atoms with Crippen LogP contribution in [0.5, 0.6) is 0 Å². The van der Waals surface area contributed by atoms with Gasteiger partial charge in [-0.3, -0.25) is 14.8 Å². The fraction of sp³-hybridized carbons (Fsp3) is 0.143. The van der Waals surface area contributed by atoms with Gasteiger partial charge in [0.25, 0.3) is 5.56 Å². The Labute approximate surface area is 160 Å². The molecule has 0 bridgehead atoms. The molecule has 3 aromatic heterocycles. The van der Waals surface area contributed by atoms with Gasteiger partial charge in [0, 0.05) is 18.6 Å². The van der Waals surface area contributed by atoms with Crippen molar-refractivity contribution in [2.75, 3.05) is 7.11 Å². The van der Waals surface area contributed by atoms with Crippen molar-refractivity contribution in [2.45, 2.75) is 12.5 Å². The summed E-state index contributed by atoms with van der Waals surface area (Å²) in [7, 11) is 1.49. The van der Waals surface area contributed by atoms with Gasteiger partial charge in [-0.2, -0.15) is 5.10 Å². The third-order valence-corrected chi connectivity index (χ3v) is 4.58. The molecule has 0 aliphatic heterocycles. The third-order valence-electron chi connectivity index (χ3n) is 4.58. The summed E-state index contributed by atoms with van der Waals surface area (Å²) in [6.07, 6.45) is 10.2. The van der Waals surface area contributed by atoms with E-state index in [1.807, 2.05) is 24.2 Å². The third kappa shape index (κ3) is 3.04. The highest BCUT2D eigenvalue weighted by Crippen LogP contribution is 2.33. The molecule has 28 heavy (non-hydrogen) atoms. The highest BCUT2D eigenvalue weighted by atomic mass is 16.5. The summed E-state index contributed by atoms with van der Waals surface area (Å²) in [4.78, 5) is 33.0. The molecule has 0 radical (unpaired) electrons.